The van der Waals surface area contributed by atoms with E-state index < -0.39 is 124 Å². The second-order valence-electron chi connectivity index (χ2n) is 18.0. The molecule has 11 atom stereocenters. The van der Waals surface area contributed by atoms with Crippen molar-refractivity contribution in [3.8, 4) is 0 Å². The first-order valence-electron chi connectivity index (χ1n) is 21.5. The molecule has 3 N–H and O–H groups in total. The van der Waals surface area contributed by atoms with Crippen molar-refractivity contribution in [2.75, 3.05) is 12.5 Å². The van der Waals surface area contributed by atoms with Crippen molar-refractivity contribution in [1.82, 2.24) is 5.32 Å². The van der Waals surface area contributed by atoms with Crippen molar-refractivity contribution in [2.24, 2.45) is 16.7 Å². The number of esters is 5. The van der Waals surface area contributed by atoms with E-state index in [1.54, 1.807) is 92.7 Å². The third-order valence-electron chi connectivity index (χ3n) is 13.8. The number of rotatable bonds is 12. The zero-order valence-electron chi connectivity index (χ0n) is 37.2. The minimum Gasteiger partial charge on any atom is -0.460 e. The lowest BCUT2D eigenvalue weighted by molar-refractivity contribution is -0.346. The summed E-state index contributed by atoms with van der Waals surface area (Å²) in [6, 6.07) is 22.7. The molecule has 0 radical (unpaired) electrons. The highest BCUT2D eigenvalue weighted by molar-refractivity contribution is 6.26. The molecule has 350 valence electrons. The van der Waals surface area contributed by atoms with E-state index >= 15 is 4.79 Å². The number of aliphatic hydroxyl groups excluding tert-OH is 1. The van der Waals surface area contributed by atoms with Gasteiger partial charge in [-0.05, 0) is 54.8 Å². The van der Waals surface area contributed by atoms with Gasteiger partial charge >= 0.3 is 29.8 Å². The van der Waals surface area contributed by atoms with Gasteiger partial charge in [0.2, 0.25) is 0 Å². The molecule has 3 aromatic rings. The van der Waals surface area contributed by atoms with Crippen LogP contribution in [0.3, 0.4) is 0 Å². The third-order valence-corrected chi connectivity index (χ3v) is 14.0. The van der Waals surface area contributed by atoms with Crippen LogP contribution in [0.1, 0.15) is 86.7 Å². The maximum Gasteiger partial charge on any atom is 0.338 e. The lowest BCUT2D eigenvalue weighted by atomic mass is 9.44. The second-order valence-corrected chi connectivity index (χ2v) is 18.2. The molecule has 1 amide bonds. The van der Waals surface area contributed by atoms with Gasteiger partial charge in [-0.15, -0.1) is 11.6 Å². The third kappa shape index (κ3) is 8.28. The van der Waals surface area contributed by atoms with E-state index in [-0.39, 0.29) is 35.3 Å². The molecule has 16 nitrogen and oxygen atoms in total. The molecular weight excluding hydrogens is 878 g/mol. The number of hydrogen-bond acceptors (Lipinski definition) is 15. The van der Waals surface area contributed by atoms with Gasteiger partial charge in [-0.3, -0.25) is 24.0 Å². The summed E-state index contributed by atoms with van der Waals surface area (Å²) >= 11 is 5.94. The van der Waals surface area contributed by atoms with Gasteiger partial charge < -0.3 is 44.0 Å². The average molecular weight is 930 g/mol. The van der Waals surface area contributed by atoms with Crippen LogP contribution in [0.4, 0.5) is 0 Å². The molecular formula is C49H52ClNO15. The van der Waals surface area contributed by atoms with Crippen LogP contribution in [0.2, 0.25) is 0 Å². The van der Waals surface area contributed by atoms with Crippen LogP contribution < -0.4 is 5.32 Å². The van der Waals surface area contributed by atoms with Gasteiger partial charge in [0.25, 0.3) is 5.91 Å². The van der Waals surface area contributed by atoms with Crippen molar-refractivity contribution in [1.29, 1.82) is 0 Å². The van der Waals surface area contributed by atoms with E-state index in [4.69, 9.17) is 40.0 Å². The molecule has 3 aliphatic carbocycles. The Bertz CT molecular complexity index is 2430. The number of halogens is 1. The smallest absolute Gasteiger partial charge is 0.338 e. The fraction of sp³-hybridized carbons (Fsp3) is 0.449. The Morgan fingerprint density at radius 1 is 0.833 bits per heavy atom. The minimum absolute atomic E-state index is 0.0361. The molecule has 0 unspecified atom stereocenters. The average Bonchev–Trinajstić information content (AvgIpc) is 3.28. The molecule has 3 aromatic carbocycles. The van der Waals surface area contributed by atoms with Gasteiger partial charge in [-0.2, -0.15) is 0 Å². The molecule has 0 aromatic heterocycles. The van der Waals surface area contributed by atoms with Crippen LogP contribution in [0.5, 0.6) is 0 Å². The van der Waals surface area contributed by atoms with E-state index in [1.807, 2.05) is 0 Å². The fourth-order valence-electron chi connectivity index (χ4n) is 10.5. The molecule has 2 saturated carbocycles. The van der Waals surface area contributed by atoms with Gasteiger partial charge in [-0.1, -0.05) is 80.6 Å². The van der Waals surface area contributed by atoms with Gasteiger partial charge in [0.15, 0.2) is 23.6 Å². The molecule has 2 bridgehead atoms. The summed E-state index contributed by atoms with van der Waals surface area (Å²) in [7, 11) is 0. The van der Waals surface area contributed by atoms with E-state index in [0.29, 0.717) is 5.56 Å². The number of carbonyl (C=O) groups is 7. The Labute approximate surface area is 385 Å². The largest absolute Gasteiger partial charge is 0.460 e. The summed E-state index contributed by atoms with van der Waals surface area (Å²) in [6.45, 7) is 7.83. The first-order valence-corrected chi connectivity index (χ1v) is 22.0. The van der Waals surface area contributed by atoms with Gasteiger partial charge in [-0.25, -0.2) is 9.59 Å². The van der Waals surface area contributed by atoms with Crippen molar-refractivity contribution >= 4 is 53.1 Å². The molecule has 1 heterocycles. The minimum atomic E-state index is -2.46. The highest BCUT2D eigenvalue weighted by Crippen LogP contribution is 2.65. The predicted octanol–water partition coefficient (Wildman–Crippen LogP) is 4.53. The summed E-state index contributed by atoms with van der Waals surface area (Å²) in [4.78, 5) is 97.7. The number of hydrogen-bond donors (Lipinski definition) is 3. The Morgan fingerprint density at radius 3 is 1.97 bits per heavy atom. The van der Waals surface area contributed by atoms with Gasteiger partial charge in [0, 0.05) is 37.7 Å². The Morgan fingerprint density at radius 2 is 1.42 bits per heavy atom. The summed E-state index contributed by atoms with van der Waals surface area (Å²) < 4.78 is 36.5. The molecule has 4 aliphatic rings. The molecule has 0 spiro atoms. The number of amides is 1. The van der Waals surface area contributed by atoms with Crippen LogP contribution in [0.25, 0.3) is 0 Å². The summed E-state index contributed by atoms with van der Waals surface area (Å²) in [5.41, 5.74) is -7.44. The predicted molar refractivity (Wildman–Crippen MR) is 232 cm³/mol. The first kappa shape index (κ1) is 48.0. The highest BCUT2D eigenvalue weighted by Gasteiger charge is 2.79. The quantitative estimate of drug-likeness (QED) is 0.0982. The van der Waals surface area contributed by atoms with E-state index in [1.165, 1.54) is 26.0 Å². The van der Waals surface area contributed by atoms with E-state index in [9.17, 15) is 39.0 Å². The number of aliphatic hydroxyl groups is 2. The summed E-state index contributed by atoms with van der Waals surface area (Å²) in [5.74, 6) is -8.68. The number of benzene rings is 3. The number of carbonyl (C=O) groups excluding carboxylic acids is 7. The second kappa shape index (κ2) is 18.4. The standard InChI is InChI=1S/C49H52ClNO15/c1-26-32(63-45(59)38(55)37(29-16-10-7-11-17-29)51-43(57)30-18-12-8-13-19-30)23-49(60)42(65-44(58)31-20-14-9-15-21-31)40-47(6,41(56)39(62-27(2)52)36(26)46(49,4)5)33(64-35(54)24-50)22-34-48(40,25-61-34)66-28(3)53/h7-21,32-34,37-40,42,55,60H,22-25H2,1-6H3,(H,51,57)/t32-,33-,34+,37+,38-,39+,40-,42-,47+,48-,49+/m0/s1. The van der Waals surface area contributed by atoms with Crippen LogP contribution >= 0.6 is 11.6 Å². The summed E-state index contributed by atoms with van der Waals surface area (Å²) in [6.07, 6.45) is -10.8. The zero-order valence-corrected chi connectivity index (χ0v) is 37.9. The molecule has 3 fully saturated rings. The fourth-order valence-corrected chi connectivity index (χ4v) is 10.6. The number of alkyl halides is 1. The van der Waals surface area contributed by atoms with Crippen molar-refractivity contribution < 1.29 is 72.2 Å². The van der Waals surface area contributed by atoms with Crippen LogP contribution in [0.15, 0.2) is 102 Å². The van der Waals surface area contributed by atoms with Crippen molar-refractivity contribution in [3.63, 3.8) is 0 Å². The zero-order chi connectivity index (χ0) is 47.9. The van der Waals surface area contributed by atoms with E-state index in [2.05, 4.69) is 5.32 Å². The molecule has 7 rings (SSSR count). The molecule has 66 heavy (non-hydrogen) atoms. The Hall–Kier alpha value is -5.94. The Kier molecular flexibility index (Phi) is 13.4. The van der Waals surface area contributed by atoms with Gasteiger partial charge in [0.05, 0.1) is 29.5 Å². The highest BCUT2D eigenvalue weighted by atomic mass is 35.5. The maximum atomic E-state index is 15.9. The van der Waals surface area contributed by atoms with Crippen molar-refractivity contribution in [3.05, 3.63) is 119 Å². The number of fused-ring (bicyclic) bond motifs is 5. The number of ketones is 1. The molecule has 1 saturated heterocycles. The van der Waals surface area contributed by atoms with Crippen LogP contribution in [-0.2, 0) is 52.4 Å². The Balaban J connectivity index is 1.42. The van der Waals surface area contributed by atoms with Crippen molar-refractivity contribution in [2.45, 2.75) is 108 Å². The maximum absolute atomic E-state index is 15.9. The van der Waals surface area contributed by atoms with Gasteiger partial charge in [0.1, 0.15) is 35.9 Å². The van der Waals surface area contributed by atoms with E-state index in [0.717, 1.165) is 13.8 Å². The normalized spacial score (nSPS) is 30.5. The monoisotopic (exact) mass is 929 g/mol. The number of ether oxygens (including phenoxy) is 6. The first-order chi connectivity index (χ1) is 31.2. The summed E-state index contributed by atoms with van der Waals surface area (Å²) in [5, 5.41) is 28.4. The number of Topliss-reactive ketones (excluding diaryl/α,β-unsaturated/α-hetero) is 1. The lowest BCUT2D eigenvalue weighted by Crippen LogP contribution is -2.82. The lowest BCUT2D eigenvalue weighted by Gasteiger charge is -2.67. The number of nitrogens with one attached hydrogen (secondary N) is 1. The molecule has 1 aliphatic heterocycles. The van der Waals surface area contributed by atoms with Crippen LogP contribution in [0, 0.1) is 16.7 Å². The SMILES string of the molecule is CC(=O)O[C@H]1C(=O)[C@]2(C)[C@@H](OC(=O)CCl)C[C@H]3OC[C@@]3(OC(C)=O)[C@H]2[C@H](OC(=O)c2ccccc2)[C@]2(O)C[C@H](OC(=O)[C@@H](O)[C@H](NC(=O)c3ccccc3)c3ccccc3)C(C)=C1C2(C)C. The molecule has 17 heteroatoms. The topological polar surface area (TPSA) is 227 Å². The van der Waals surface area contributed by atoms with Crippen LogP contribution in [-0.4, -0.2) is 112 Å².